The highest BCUT2D eigenvalue weighted by Crippen LogP contribution is 2.30. The van der Waals surface area contributed by atoms with Crippen molar-refractivity contribution in [3.63, 3.8) is 0 Å². The standard InChI is InChI=1S/C17H20N6O4/c1-20-14-13(15(26)21(2)17(20)27)22-8-11(10-6-4-3-5-7-10)19-23(9-12(24)25)16(22)18-14/h3-7,13-14,16,18H,8-9H2,1-2H3,(H,24,25). The van der Waals surface area contributed by atoms with Crippen LogP contribution < -0.4 is 5.32 Å². The summed E-state index contributed by atoms with van der Waals surface area (Å²) >= 11 is 0. The van der Waals surface area contributed by atoms with Crippen LogP contribution in [0.3, 0.4) is 0 Å². The number of benzene rings is 1. The lowest BCUT2D eigenvalue weighted by molar-refractivity contribution is -0.141. The van der Waals surface area contributed by atoms with Gasteiger partial charge in [-0.25, -0.2) is 9.69 Å². The molecule has 0 radical (unpaired) electrons. The molecule has 0 aliphatic carbocycles. The number of urea groups is 1. The van der Waals surface area contributed by atoms with Crippen molar-refractivity contribution in [2.75, 3.05) is 27.2 Å². The molecule has 27 heavy (non-hydrogen) atoms. The van der Waals surface area contributed by atoms with E-state index in [4.69, 9.17) is 0 Å². The summed E-state index contributed by atoms with van der Waals surface area (Å²) in [7, 11) is 3.07. The number of hydrogen-bond donors (Lipinski definition) is 2. The molecule has 0 saturated carbocycles. The van der Waals surface area contributed by atoms with Crippen molar-refractivity contribution in [2.45, 2.75) is 18.5 Å². The summed E-state index contributed by atoms with van der Waals surface area (Å²) in [5.41, 5.74) is 1.53. The van der Waals surface area contributed by atoms with E-state index in [2.05, 4.69) is 10.4 Å². The lowest BCUT2D eigenvalue weighted by Gasteiger charge is -2.41. The second kappa shape index (κ2) is 6.32. The zero-order valence-electron chi connectivity index (χ0n) is 14.9. The van der Waals surface area contributed by atoms with Crippen molar-refractivity contribution < 1.29 is 19.5 Å². The fourth-order valence-electron chi connectivity index (χ4n) is 3.82. The summed E-state index contributed by atoms with van der Waals surface area (Å²) in [4.78, 5) is 40.9. The Morgan fingerprint density at radius 2 is 1.96 bits per heavy atom. The molecule has 3 amide bonds. The van der Waals surface area contributed by atoms with Crippen molar-refractivity contribution >= 4 is 23.6 Å². The number of carbonyl (C=O) groups is 3. The van der Waals surface area contributed by atoms with Crippen molar-refractivity contribution in [2.24, 2.45) is 5.10 Å². The summed E-state index contributed by atoms with van der Waals surface area (Å²) in [6.45, 7) is 0.0339. The maximum Gasteiger partial charge on any atom is 0.327 e. The van der Waals surface area contributed by atoms with Gasteiger partial charge in [-0.3, -0.25) is 24.8 Å². The Morgan fingerprint density at radius 1 is 1.26 bits per heavy atom. The molecule has 0 aromatic heterocycles. The highest BCUT2D eigenvalue weighted by Gasteiger charge is 2.56. The van der Waals surface area contributed by atoms with E-state index < -0.39 is 30.5 Å². The number of carboxylic acids is 1. The van der Waals surface area contributed by atoms with Crippen LogP contribution in [0.25, 0.3) is 0 Å². The predicted octanol–water partition coefficient (Wildman–Crippen LogP) is -0.802. The van der Waals surface area contributed by atoms with E-state index in [9.17, 15) is 19.5 Å². The van der Waals surface area contributed by atoms with Crippen LogP contribution in [-0.4, -0.2) is 94.1 Å². The van der Waals surface area contributed by atoms with E-state index in [-0.39, 0.29) is 12.5 Å². The Morgan fingerprint density at radius 3 is 2.63 bits per heavy atom. The first-order valence-corrected chi connectivity index (χ1v) is 8.56. The smallest absolute Gasteiger partial charge is 0.327 e. The number of carboxylic acid groups (broad SMARTS) is 1. The van der Waals surface area contributed by atoms with E-state index in [1.165, 1.54) is 17.0 Å². The van der Waals surface area contributed by atoms with E-state index in [0.29, 0.717) is 12.3 Å². The van der Waals surface area contributed by atoms with Crippen LogP contribution in [0.4, 0.5) is 4.79 Å². The number of carbonyl (C=O) groups excluding carboxylic acids is 2. The monoisotopic (exact) mass is 372 g/mol. The van der Waals surface area contributed by atoms with Crippen LogP contribution in [0.5, 0.6) is 0 Å². The largest absolute Gasteiger partial charge is 0.480 e. The molecule has 0 spiro atoms. The molecule has 10 heteroatoms. The highest BCUT2D eigenvalue weighted by atomic mass is 16.4. The van der Waals surface area contributed by atoms with Crippen molar-refractivity contribution in [1.82, 2.24) is 25.0 Å². The number of nitrogens with zero attached hydrogens (tertiary/aromatic N) is 5. The Kier molecular flexibility index (Phi) is 4.08. The zero-order valence-corrected chi connectivity index (χ0v) is 14.9. The van der Waals surface area contributed by atoms with Crippen LogP contribution in [0.1, 0.15) is 5.56 Å². The third kappa shape index (κ3) is 2.73. The molecule has 3 aliphatic heterocycles. The lowest BCUT2D eigenvalue weighted by Crippen LogP contribution is -2.65. The maximum atomic E-state index is 12.8. The SMILES string of the molecule is CN1C(=O)C2C(NC3N(CC(=O)O)N=C(c4ccccc4)CN23)N(C)C1=O. The molecule has 4 rings (SSSR count). The number of hydrogen-bond acceptors (Lipinski definition) is 7. The summed E-state index contributed by atoms with van der Waals surface area (Å²) in [5, 5.41) is 18.4. The zero-order chi connectivity index (χ0) is 19.3. The molecule has 2 N–H and O–H groups in total. The minimum atomic E-state index is -1.03. The number of nitrogens with one attached hydrogen (secondary N) is 1. The van der Waals surface area contributed by atoms with E-state index in [1.54, 1.807) is 7.05 Å². The second-order valence-electron chi connectivity index (χ2n) is 6.80. The highest BCUT2D eigenvalue weighted by molar-refractivity contribution is 6.04. The Balaban J connectivity index is 1.73. The second-order valence-corrected chi connectivity index (χ2v) is 6.80. The third-order valence-electron chi connectivity index (χ3n) is 5.15. The van der Waals surface area contributed by atoms with Gasteiger partial charge in [0.25, 0.3) is 5.91 Å². The molecule has 142 valence electrons. The number of likely N-dealkylation sites (N-methyl/N-ethyl adjacent to an activating group) is 2. The Bertz CT molecular complexity index is 828. The number of amides is 3. The molecule has 0 bridgehead atoms. The van der Waals surface area contributed by atoms with Gasteiger partial charge in [-0.05, 0) is 5.56 Å². The van der Waals surface area contributed by atoms with Gasteiger partial charge in [-0.2, -0.15) is 5.10 Å². The van der Waals surface area contributed by atoms with Crippen molar-refractivity contribution in [3.8, 4) is 0 Å². The number of aliphatic carboxylic acids is 1. The molecular weight excluding hydrogens is 352 g/mol. The molecule has 3 atom stereocenters. The first-order valence-electron chi connectivity index (χ1n) is 8.56. The van der Waals surface area contributed by atoms with E-state index in [0.717, 1.165) is 10.5 Å². The Hall–Kier alpha value is -2.98. The maximum absolute atomic E-state index is 12.8. The molecule has 3 heterocycles. The fourth-order valence-corrected chi connectivity index (χ4v) is 3.82. The van der Waals surface area contributed by atoms with Gasteiger partial charge in [0.05, 0.1) is 5.71 Å². The molecular formula is C17H20N6O4. The molecule has 1 aromatic rings. The molecule has 3 aliphatic rings. The molecule has 2 saturated heterocycles. The van der Waals surface area contributed by atoms with Gasteiger partial charge in [0.1, 0.15) is 18.8 Å². The first-order chi connectivity index (χ1) is 12.9. The van der Waals surface area contributed by atoms with E-state index in [1.807, 2.05) is 35.2 Å². The molecule has 3 unspecified atom stereocenters. The average Bonchev–Trinajstić information content (AvgIpc) is 3.05. The Labute approximate surface area is 155 Å². The van der Waals surface area contributed by atoms with Gasteiger partial charge in [0.2, 0.25) is 0 Å². The first kappa shape index (κ1) is 17.4. The van der Waals surface area contributed by atoms with Crippen LogP contribution in [-0.2, 0) is 9.59 Å². The summed E-state index contributed by atoms with van der Waals surface area (Å²) in [6.07, 6.45) is -1.14. The van der Waals surface area contributed by atoms with E-state index >= 15 is 0 Å². The normalized spacial score (nSPS) is 28.1. The number of fused-ring (bicyclic) bond motifs is 3. The number of hydrazone groups is 1. The molecule has 1 aromatic carbocycles. The van der Waals surface area contributed by atoms with Gasteiger partial charge in [0.15, 0.2) is 6.29 Å². The predicted molar refractivity (Wildman–Crippen MR) is 94.5 cm³/mol. The summed E-state index contributed by atoms with van der Waals surface area (Å²) in [6, 6.07) is 8.41. The fraction of sp³-hybridized carbons (Fsp3) is 0.412. The van der Waals surface area contributed by atoms with Crippen LogP contribution in [0.2, 0.25) is 0 Å². The topological polar surface area (TPSA) is 109 Å². The molecule has 2 fully saturated rings. The third-order valence-corrected chi connectivity index (χ3v) is 5.15. The lowest BCUT2D eigenvalue weighted by atomic mass is 10.1. The van der Waals surface area contributed by atoms with Crippen LogP contribution in [0, 0.1) is 0 Å². The average molecular weight is 372 g/mol. The van der Waals surface area contributed by atoms with Gasteiger partial charge < -0.3 is 10.0 Å². The van der Waals surface area contributed by atoms with Crippen molar-refractivity contribution in [3.05, 3.63) is 35.9 Å². The van der Waals surface area contributed by atoms with Crippen LogP contribution in [0.15, 0.2) is 35.4 Å². The number of imide groups is 1. The summed E-state index contributed by atoms with van der Waals surface area (Å²) < 4.78 is 0. The van der Waals surface area contributed by atoms with Gasteiger partial charge in [-0.1, -0.05) is 30.3 Å². The van der Waals surface area contributed by atoms with Crippen LogP contribution >= 0.6 is 0 Å². The minimum Gasteiger partial charge on any atom is -0.480 e. The summed E-state index contributed by atoms with van der Waals surface area (Å²) in [5.74, 6) is -1.35. The van der Waals surface area contributed by atoms with Gasteiger partial charge >= 0.3 is 12.0 Å². The quantitative estimate of drug-likeness (QED) is 0.715. The van der Waals surface area contributed by atoms with Gasteiger partial charge in [-0.15, -0.1) is 0 Å². The van der Waals surface area contributed by atoms with Gasteiger partial charge in [0, 0.05) is 20.6 Å². The molecule has 10 nitrogen and oxygen atoms in total. The van der Waals surface area contributed by atoms with Crippen molar-refractivity contribution in [1.29, 1.82) is 0 Å². The minimum absolute atomic E-state index is 0.317. The number of rotatable bonds is 3.